The Bertz CT molecular complexity index is 5740. The number of nitrogens with zero attached hydrogens (tertiary/aromatic N) is 16. The maximum absolute atomic E-state index is 13.5. The maximum atomic E-state index is 13.5. The van der Waals surface area contributed by atoms with Crippen LogP contribution in [0.3, 0.4) is 0 Å². The minimum absolute atomic E-state index is 0. The van der Waals surface area contributed by atoms with E-state index < -0.39 is 86.0 Å². The summed E-state index contributed by atoms with van der Waals surface area (Å²) in [5.74, 6) is -2.94. The molecule has 12 aromatic rings. The standard InChI is InChI=1S/C13H12BrFN6O4S.C13H11BrFN5O6S.C13H11BrFN5O4S.C13H11BrFN5O3S.CH3ClO2S.CH4S.Na/c1-26(16,23)5-4-17-11-10(18-25-19-11)12-20-24-13(22)21(12)7-2-3-9(15)8(14)6-7;1-27(22,23)24-5-4-16-11-10(17-26-18-11)12-19-25-13(21)20(12)7-2-3-9(15)8(14)6-7;1-25(22)5-4-16-11-10(17-24-18-11)12-19-23-13(21)20(12)7-2-3-9(15)8(14)6-7;1-24-5-4-16-11-10(17-23-18-11)12-19-22-13(21)20(12)7-2-3-9(15)8(14)6-7;1-5(2,3)4;1-2;/h2-3,6,16H,4-5H2,1H3,(H,17,19);2-3,6H,4-5H2,1H3,(H,16,18);2-3,6H,4-5H2,1H3,(H,16,18);2-3,6H,4-5H2,1H3,(H,16,18);1H3;2H,1H3;/q;;;;;;+1/p-1. The van der Waals surface area contributed by atoms with Gasteiger partial charge in [0.2, 0.25) is 55.6 Å². The molecule has 4 aromatic carbocycles. The number of benzene rings is 4. The van der Waals surface area contributed by atoms with Gasteiger partial charge in [-0.2, -0.15) is 26.4 Å². The second-order valence-corrected chi connectivity index (χ2v) is 33.6. The van der Waals surface area contributed by atoms with E-state index in [0.29, 0.717) is 36.0 Å². The zero-order valence-electron chi connectivity index (χ0n) is 56.8. The Kier molecular flexibility index (Phi) is 34.7. The zero-order valence-corrected chi connectivity index (χ0v) is 70.8. The molecule has 0 spiro atoms. The fourth-order valence-electron chi connectivity index (χ4n) is 8.12. The van der Waals surface area contributed by atoms with E-state index in [1.165, 1.54) is 73.0 Å². The van der Waals surface area contributed by atoms with Gasteiger partial charge in [-0.25, -0.2) is 81.9 Å². The van der Waals surface area contributed by atoms with Crippen molar-refractivity contribution in [2.24, 2.45) is 0 Å². The van der Waals surface area contributed by atoms with Crippen LogP contribution < -0.4 is 73.8 Å². The molecule has 8 heterocycles. The van der Waals surface area contributed by atoms with Crippen LogP contribution in [0.4, 0.5) is 40.8 Å². The summed E-state index contributed by atoms with van der Waals surface area (Å²) >= 11 is 18.0. The van der Waals surface area contributed by atoms with E-state index in [2.05, 4.69) is 188 Å². The van der Waals surface area contributed by atoms with Crippen LogP contribution in [0.1, 0.15) is 0 Å². The molecule has 0 aliphatic carbocycles. The topological polar surface area (TPSA) is 531 Å². The van der Waals surface area contributed by atoms with Crippen molar-refractivity contribution in [3.8, 4) is 68.8 Å². The molecule has 2 atom stereocenters. The summed E-state index contributed by atoms with van der Waals surface area (Å²) < 4.78 is 172. The van der Waals surface area contributed by atoms with Crippen LogP contribution in [0.5, 0.6) is 0 Å². The van der Waals surface area contributed by atoms with Gasteiger partial charge in [-0.3, -0.25) is 35.5 Å². The van der Waals surface area contributed by atoms with E-state index in [0.717, 1.165) is 42.6 Å². The van der Waals surface area contributed by atoms with Crippen LogP contribution in [0, 0.1) is 28.0 Å². The third-order valence-electron chi connectivity index (χ3n) is 12.6. The van der Waals surface area contributed by atoms with Gasteiger partial charge in [0.1, 0.15) is 23.3 Å². The summed E-state index contributed by atoms with van der Waals surface area (Å²) in [4.78, 5) is 48.2. The molecule has 0 aliphatic heterocycles. The van der Waals surface area contributed by atoms with E-state index in [9.17, 15) is 62.0 Å². The molecule has 0 saturated heterocycles. The van der Waals surface area contributed by atoms with Crippen molar-refractivity contribution in [1.82, 2.24) is 80.1 Å². The molecular formula is C54H51Br4ClF4N21NaO19S6. The van der Waals surface area contributed by atoms with Crippen molar-refractivity contribution in [3.63, 3.8) is 0 Å². The van der Waals surface area contributed by atoms with Gasteiger partial charge in [-0.1, -0.05) is 20.6 Å². The molecule has 12 rings (SSSR count). The Morgan fingerprint density at radius 2 is 0.773 bits per heavy atom. The van der Waals surface area contributed by atoms with E-state index in [-0.39, 0.29) is 148 Å². The van der Waals surface area contributed by atoms with E-state index in [4.69, 9.17) is 27.6 Å². The molecule has 586 valence electrons. The Morgan fingerprint density at radius 1 is 0.500 bits per heavy atom. The number of anilines is 4. The third-order valence-corrected chi connectivity index (χ3v) is 18.0. The van der Waals surface area contributed by atoms with Crippen molar-refractivity contribution in [2.45, 2.75) is 0 Å². The van der Waals surface area contributed by atoms with Gasteiger partial charge in [0.05, 0.1) is 59.8 Å². The summed E-state index contributed by atoms with van der Waals surface area (Å²) in [5.41, 5.74) is 1.69. The predicted molar refractivity (Wildman–Crippen MR) is 400 cm³/mol. The van der Waals surface area contributed by atoms with E-state index >= 15 is 0 Å². The third kappa shape index (κ3) is 26.0. The molecule has 0 bridgehead atoms. The van der Waals surface area contributed by atoms with Gasteiger partial charge in [0.15, 0.2) is 22.8 Å². The Hall–Kier alpha value is -8.01. The van der Waals surface area contributed by atoms with Crippen molar-refractivity contribution >= 4 is 162 Å². The Balaban J connectivity index is 0.000000222. The maximum Gasteiger partial charge on any atom is 1.00 e. The largest absolute Gasteiger partial charge is 1.00 e. The summed E-state index contributed by atoms with van der Waals surface area (Å²) in [6.07, 6.45) is 8.30. The predicted octanol–water partition coefficient (Wildman–Crippen LogP) is 4.50. The molecule has 8 aromatic heterocycles. The number of hydrogen-bond acceptors (Lipinski definition) is 38. The molecule has 0 saturated carbocycles. The molecule has 5 N–H and O–H groups in total. The van der Waals surface area contributed by atoms with Crippen molar-refractivity contribution in [2.75, 3.05) is 109 Å². The van der Waals surface area contributed by atoms with E-state index in [1.807, 2.05) is 6.26 Å². The first-order chi connectivity index (χ1) is 51.6. The molecule has 56 heteroatoms. The minimum Gasteiger partial charge on any atom is -0.796 e. The van der Waals surface area contributed by atoms with Gasteiger partial charge in [0.25, 0.3) is 10.1 Å². The van der Waals surface area contributed by atoms with Crippen LogP contribution in [0.25, 0.3) is 68.8 Å². The normalized spacial score (nSPS) is 11.8. The van der Waals surface area contributed by atoms with Gasteiger partial charge in [0, 0.05) is 87.2 Å². The van der Waals surface area contributed by atoms with Crippen molar-refractivity contribution in [3.05, 3.63) is 156 Å². The summed E-state index contributed by atoms with van der Waals surface area (Å²) in [7, 11) is -5.94. The summed E-state index contributed by atoms with van der Waals surface area (Å²) in [5, 5.41) is 56.0. The smallest absolute Gasteiger partial charge is 0.796 e. The average molecular weight is 1940 g/mol. The Morgan fingerprint density at radius 3 is 1.03 bits per heavy atom. The monoisotopic (exact) mass is 1940 g/mol. The van der Waals surface area contributed by atoms with Gasteiger partial charge < -0.3 is 33.9 Å². The fourth-order valence-corrected chi connectivity index (χ4v) is 11.2. The van der Waals surface area contributed by atoms with Crippen LogP contribution in [-0.2, 0) is 56.5 Å². The second-order valence-electron chi connectivity index (χ2n) is 20.6. The molecule has 0 aliphatic rings. The van der Waals surface area contributed by atoms with Crippen molar-refractivity contribution < 1.29 is 113 Å². The van der Waals surface area contributed by atoms with Gasteiger partial charge >= 0.3 is 52.6 Å². The number of rotatable bonds is 25. The molecule has 2 unspecified atom stereocenters. The second kappa shape index (κ2) is 42.0. The first-order valence-electron chi connectivity index (χ1n) is 29.2. The molecule has 40 nitrogen and oxygen atoms in total. The van der Waals surface area contributed by atoms with Crippen LogP contribution in [0.2, 0.25) is 0 Å². The molecule has 0 radical (unpaired) electrons. The minimum atomic E-state index is -3.58. The van der Waals surface area contributed by atoms with Crippen LogP contribution >= 0.6 is 86.2 Å². The number of hydrogen-bond donors (Lipinski definition) is 5. The number of aromatic nitrogens is 16. The van der Waals surface area contributed by atoms with E-state index in [1.54, 1.807) is 24.3 Å². The number of nitrogens with one attached hydrogen (secondary N) is 5. The number of thioether (sulfide) groups is 1. The zero-order chi connectivity index (χ0) is 80.1. The molecule has 0 amide bonds. The first-order valence-corrected chi connectivity index (χ1v) is 43.0. The van der Waals surface area contributed by atoms with Gasteiger partial charge in [-0.05, 0) is 184 Å². The molecule has 0 fully saturated rings. The van der Waals surface area contributed by atoms with Crippen LogP contribution in [0.15, 0.2) is 146 Å². The van der Waals surface area contributed by atoms with Crippen molar-refractivity contribution in [1.29, 1.82) is 4.78 Å². The molecule has 110 heavy (non-hydrogen) atoms. The Labute approximate surface area is 687 Å². The number of halogens is 9. The summed E-state index contributed by atoms with van der Waals surface area (Å²) in [6, 6.07) is 15.9. The quantitative estimate of drug-likeness (QED) is 0.0131. The SMILES string of the molecule is CS(=N)(=O)CCNc1nonc1-c1noc(=O)n1-c1ccc(F)c(Br)c1.CS(=O)(=O)Cl.CS(=O)(=O)OCCNc1nonc1-c1noc(=O)n1-c1ccc(F)c(Br)c1.CS(=O)CCNc1nonc1-c1noc(=O)n1-c1ccc(F)c(Br)c1.CSCCNc1nonc1-c1noc(=O)n1-c1ccc(F)c(Br)c1.C[S-].[Na+]. The summed E-state index contributed by atoms with van der Waals surface area (Å²) in [6.45, 7) is 1.05. The molecular weight excluding hydrogens is 1890 g/mol. The van der Waals surface area contributed by atoms with Crippen LogP contribution in [-0.4, -0.2) is 193 Å². The van der Waals surface area contributed by atoms with Gasteiger partial charge in [-0.15, -0.1) is 0 Å². The first kappa shape index (κ1) is 90.9. The average Bonchev–Trinajstić information content (AvgIpc) is 1.67. The fraction of sp³-hybridized carbons (Fsp3) is 0.259.